The summed E-state index contributed by atoms with van der Waals surface area (Å²) in [4.78, 5) is 15.1. The van der Waals surface area contributed by atoms with Crippen LogP contribution in [0.2, 0.25) is 0 Å². The fourth-order valence-corrected chi connectivity index (χ4v) is 6.10. The van der Waals surface area contributed by atoms with Crippen molar-refractivity contribution in [2.75, 3.05) is 46.1 Å². The van der Waals surface area contributed by atoms with E-state index >= 15 is 0 Å². The van der Waals surface area contributed by atoms with E-state index in [9.17, 15) is 9.90 Å². The van der Waals surface area contributed by atoms with Crippen LogP contribution in [0.1, 0.15) is 174 Å². The van der Waals surface area contributed by atoms with Crippen molar-refractivity contribution in [1.82, 2.24) is 10.2 Å². The fraction of sp³-hybridized carbons (Fsp3) is 0.973. The quantitative estimate of drug-likeness (QED) is 0.0744. The number of hydrogen-bond acceptors (Lipinski definition) is 5. The third-order valence-electron chi connectivity index (χ3n) is 9.06. The van der Waals surface area contributed by atoms with Crippen LogP contribution in [0.25, 0.3) is 0 Å². The second kappa shape index (κ2) is 31.3. The van der Waals surface area contributed by atoms with Gasteiger partial charge in [-0.1, -0.05) is 155 Å². The molecule has 1 aliphatic heterocycles. The highest BCUT2D eigenvalue weighted by Crippen LogP contribution is 2.14. The van der Waals surface area contributed by atoms with Gasteiger partial charge in [-0.2, -0.15) is 0 Å². The number of amides is 1. The second-order valence-corrected chi connectivity index (χ2v) is 13.3. The minimum absolute atomic E-state index is 0.0609. The molecule has 256 valence electrons. The molecule has 1 aliphatic rings. The average molecular weight is 611 g/mol. The summed E-state index contributed by atoms with van der Waals surface area (Å²) in [5.41, 5.74) is 0. The van der Waals surface area contributed by atoms with Crippen molar-refractivity contribution >= 4 is 5.91 Å². The van der Waals surface area contributed by atoms with Crippen LogP contribution in [-0.4, -0.2) is 74.1 Å². The van der Waals surface area contributed by atoms with Crippen LogP contribution >= 0.6 is 0 Å². The molecule has 0 spiro atoms. The Morgan fingerprint density at radius 1 is 0.674 bits per heavy atom. The normalized spacial score (nSPS) is 15.5. The van der Waals surface area contributed by atoms with Gasteiger partial charge in [-0.15, -0.1) is 0 Å². The predicted molar refractivity (Wildman–Crippen MR) is 183 cm³/mol. The van der Waals surface area contributed by atoms with Crippen LogP contribution in [0.5, 0.6) is 0 Å². The Labute approximate surface area is 267 Å². The Morgan fingerprint density at radius 2 is 1.09 bits per heavy atom. The lowest BCUT2D eigenvalue weighted by Gasteiger charge is -2.33. The summed E-state index contributed by atoms with van der Waals surface area (Å²) >= 11 is 0. The van der Waals surface area contributed by atoms with E-state index in [0.29, 0.717) is 32.8 Å². The molecule has 0 radical (unpaired) electrons. The van der Waals surface area contributed by atoms with E-state index in [1.54, 1.807) is 0 Å². The maximum absolute atomic E-state index is 12.8. The highest BCUT2D eigenvalue weighted by Gasteiger charge is 2.25. The molecule has 1 heterocycles. The summed E-state index contributed by atoms with van der Waals surface area (Å²) in [6.07, 6.45) is 31.3. The Hall–Kier alpha value is -0.690. The third kappa shape index (κ3) is 26.3. The molecule has 0 aromatic rings. The maximum Gasteiger partial charge on any atom is 0.220 e. The van der Waals surface area contributed by atoms with E-state index in [2.05, 4.69) is 24.1 Å². The van der Waals surface area contributed by atoms with Gasteiger partial charge in [-0.05, 0) is 12.8 Å². The number of morpholine rings is 1. The number of carbonyl (C=O) groups is 1. The summed E-state index contributed by atoms with van der Waals surface area (Å²) < 4.78 is 11.4. The molecule has 1 saturated heterocycles. The smallest absolute Gasteiger partial charge is 0.220 e. The van der Waals surface area contributed by atoms with Gasteiger partial charge < -0.3 is 19.9 Å². The molecule has 6 heteroatoms. The lowest BCUT2D eigenvalue weighted by Crippen LogP contribution is -2.53. The van der Waals surface area contributed by atoms with Crippen LogP contribution in [-0.2, 0) is 14.3 Å². The molecule has 2 N–H and O–H groups in total. The maximum atomic E-state index is 12.8. The van der Waals surface area contributed by atoms with E-state index in [0.717, 1.165) is 32.4 Å². The first-order valence-corrected chi connectivity index (χ1v) is 19.0. The lowest BCUT2D eigenvalue weighted by atomic mass is 10.0. The number of hydrogen-bond donors (Lipinski definition) is 2. The van der Waals surface area contributed by atoms with Gasteiger partial charge >= 0.3 is 0 Å². The van der Waals surface area contributed by atoms with Gasteiger partial charge in [0, 0.05) is 32.7 Å². The first-order valence-electron chi connectivity index (χ1n) is 19.0. The van der Waals surface area contributed by atoms with Gasteiger partial charge in [0.05, 0.1) is 32.0 Å². The highest BCUT2D eigenvalue weighted by atomic mass is 16.5. The van der Waals surface area contributed by atoms with Crippen molar-refractivity contribution in [2.45, 2.75) is 187 Å². The van der Waals surface area contributed by atoms with Gasteiger partial charge in [0.25, 0.3) is 0 Å². The van der Waals surface area contributed by atoms with Gasteiger partial charge in [-0.3, -0.25) is 9.69 Å². The van der Waals surface area contributed by atoms with E-state index < -0.39 is 6.10 Å². The zero-order valence-electron chi connectivity index (χ0n) is 28.9. The van der Waals surface area contributed by atoms with Crippen molar-refractivity contribution in [2.24, 2.45) is 0 Å². The predicted octanol–water partition coefficient (Wildman–Crippen LogP) is 8.97. The zero-order valence-corrected chi connectivity index (χ0v) is 28.9. The number of aliphatic hydroxyl groups excluding tert-OH is 1. The lowest BCUT2D eigenvalue weighted by molar-refractivity contribution is -0.123. The number of unbranched alkanes of at least 4 members (excludes halogenated alkanes) is 22. The molecular formula is C37H74N2O4. The van der Waals surface area contributed by atoms with Crippen molar-refractivity contribution < 1.29 is 19.4 Å². The number of nitrogens with one attached hydrogen (secondary N) is 1. The summed E-state index contributed by atoms with van der Waals surface area (Å²) in [7, 11) is 0. The van der Waals surface area contributed by atoms with Crippen molar-refractivity contribution in [3.63, 3.8) is 0 Å². The second-order valence-electron chi connectivity index (χ2n) is 13.3. The average Bonchev–Trinajstić information content (AvgIpc) is 3.01. The Kier molecular flexibility index (Phi) is 29.4. The monoisotopic (exact) mass is 611 g/mol. The zero-order chi connectivity index (χ0) is 31.1. The molecule has 1 fully saturated rings. The van der Waals surface area contributed by atoms with E-state index in [1.165, 1.54) is 135 Å². The van der Waals surface area contributed by atoms with Crippen molar-refractivity contribution in [3.05, 3.63) is 0 Å². The molecule has 1 rings (SSSR count). The molecule has 43 heavy (non-hydrogen) atoms. The first kappa shape index (κ1) is 40.3. The van der Waals surface area contributed by atoms with Crippen LogP contribution in [0.3, 0.4) is 0 Å². The fourth-order valence-electron chi connectivity index (χ4n) is 6.10. The Morgan fingerprint density at radius 3 is 1.56 bits per heavy atom. The van der Waals surface area contributed by atoms with Crippen LogP contribution in [0.4, 0.5) is 0 Å². The van der Waals surface area contributed by atoms with Crippen molar-refractivity contribution in [1.29, 1.82) is 0 Å². The molecule has 0 saturated carbocycles. The molecule has 0 unspecified atom stereocenters. The highest BCUT2D eigenvalue weighted by molar-refractivity contribution is 5.76. The first-order chi connectivity index (χ1) is 21.2. The number of nitrogens with zero attached hydrogens (tertiary/aromatic N) is 1. The number of ether oxygens (including phenoxy) is 2. The van der Waals surface area contributed by atoms with E-state index in [1.807, 2.05) is 0 Å². The van der Waals surface area contributed by atoms with Crippen LogP contribution in [0.15, 0.2) is 0 Å². The Balaban J connectivity index is 2.14. The van der Waals surface area contributed by atoms with E-state index in [-0.39, 0.29) is 18.6 Å². The summed E-state index contributed by atoms with van der Waals surface area (Å²) in [5.74, 6) is 0.0609. The molecule has 1 amide bonds. The largest absolute Gasteiger partial charge is 0.389 e. The van der Waals surface area contributed by atoms with Gasteiger partial charge in [0.1, 0.15) is 0 Å². The molecule has 0 bridgehead atoms. The molecule has 0 aromatic heterocycles. The molecule has 0 aliphatic carbocycles. The summed E-state index contributed by atoms with van der Waals surface area (Å²) in [6, 6.07) is -0.301. The summed E-state index contributed by atoms with van der Waals surface area (Å²) in [5, 5.41) is 14.1. The number of rotatable bonds is 32. The minimum atomic E-state index is -0.689. The Bertz CT molecular complexity index is 585. The van der Waals surface area contributed by atoms with Gasteiger partial charge in [-0.25, -0.2) is 0 Å². The molecule has 2 atom stereocenters. The summed E-state index contributed by atoms with van der Waals surface area (Å²) in [6.45, 7) is 9.28. The molecule has 6 nitrogen and oxygen atoms in total. The van der Waals surface area contributed by atoms with Crippen LogP contribution < -0.4 is 5.32 Å². The SMILES string of the molecule is CCCCCCCCCCCCCCCC(=O)N[C@H](CN1CCOCC1)[C@@H](O)COCCCCCCCCCCCCC. The van der Waals surface area contributed by atoms with Crippen LogP contribution in [0, 0.1) is 0 Å². The van der Waals surface area contributed by atoms with Gasteiger partial charge in [0.2, 0.25) is 5.91 Å². The minimum Gasteiger partial charge on any atom is -0.389 e. The van der Waals surface area contributed by atoms with Gasteiger partial charge in [0.15, 0.2) is 0 Å². The standard InChI is InChI=1S/C37H74N2O4/c1-3-5-7-9-11-13-15-16-17-19-21-23-25-27-37(41)38-35(33-39-28-31-42-32-29-39)36(40)34-43-30-26-24-22-20-18-14-12-10-8-6-4-2/h35-36,40H,3-34H2,1-2H3,(H,38,41)/t35-,36+/m1/s1. The number of aliphatic hydroxyl groups is 1. The third-order valence-corrected chi connectivity index (χ3v) is 9.06. The van der Waals surface area contributed by atoms with E-state index in [4.69, 9.17) is 9.47 Å². The molecular weight excluding hydrogens is 536 g/mol. The topological polar surface area (TPSA) is 71.0 Å². The molecule has 0 aromatic carbocycles. The van der Waals surface area contributed by atoms with Crippen molar-refractivity contribution in [3.8, 4) is 0 Å². The number of carbonyl (C=O) groups excluding carboxylic acids is 1.